The highest BCUT2D eigenvalue weighted by atomic mass is 19.1. The summed E-state index contributed by atoms with van der Waals surface area (Å²) in [5, 5.41) is 2.80. The molecule has 0 aliphatic heterocycles. The molecular weight excluding hydrogens is 413 g/mol. The number of hydrogen-bond donors (Lipinski definition) is 1. The van der Waals surface area contributed by atoms with Gasteiger partial charge in [0.05, 0.1) is 30.6 Å². The molecule has 0 atom stereocenters. The van der Waals surface area contributed by atoms with Gasteiger partial charge in [0.2, 0.25) is 5.91 Å². The number of ether oxygens (including phenoxy) is 1. The molecular formula is C24H26FN3O4. The number of halogens is 1. The van der Waals surface area contributed by atoms with Gasteiger partial charge in [0.15, 0.2) is 0 Å². The van der Waals surface area contributed by atoms with Crippen LogP contribution >= 0.6 is 0 Å². The predicted octanol–water partition coefficient (Wildman–Crippen LogP) is 3.32. The Morgan fingerprint density at radius 2 is 1.78 bits per heavy atom. The van der Waals surface area contributed by atoms with Crippen LogP contribution in [0.2, 0.25) is 0 Å². The molecule has 0 bridgehead atoms. The standard InChI is InChI=1S/C24H26FN3O4/c1-27(13-15-32-19-11-9-18(25)10-12-19)17-23(29)28(2)22-8-4-3-7-21(22)24(30)26-16-20-6-5-14-31-20/h3-12,14H,13,15-17H2,1-2H3,(H,26,30). The van der Waals surface area contributed by atoms with Gasteiger partial charge in [0.25, 0.3) is 5.91 Å². The molecule has 32 heavy (non-hydrogen) atoms. The molecule has 1 aromatic heterocycles. The molecule has 7 nitrogen and oxygen atoms in total. The highest BCUT2D eigenvalue weighted by Crippen LogP contribution is 2.20. The zero-order chi connectivity index (χ0) is 22.9. The van der Waals surface area contributed by atoms with Crippen LogP contribution in [-0.2, 0) is 11.3 Å². The largest absolute Gasteiger partial charge is 0.492 e. The molecule has 1 N–H and O–H groups in total. The summed E-state index contributed by atoms with van der Waals surface area (Å²) in [5.74, 6) is 0.429. The molecule has 2 amide bonds. The van der Waals surface area contributed by atoms with Crippen LogP contribution in [0, 0.1) is 5.82 Å². The van der Waals surface area contributed by atoms with E-state index in [-0.39, 0.29) is 30.7 Å². The number of benzene rings is 2. The molecule has 0 aliphatic carbocycles. The van der Waals surface area contributed by atoms with Gasteiger partial charge in [-0.25, -0.2) is 4.39 Å². The summed E-state index contributed by atoms with van der Waals surface area (Å²) in [4.78, 5) is 28.8. The number of nitrogens with zero attached hydrogens (tertiary/aromatic N) is 2. The molecule has 0 spiro atoms. The number of amides is 2. The number of carbonyl (C=O) groups is 2. The fraction of sp³-hybridized carbons (Fsp3) is 0.250. The fourth-order valence-corrected chi connectivity index (χ4v) is 3.03. The van der Waals surface area contributed by atoms with Gasteiger partial charge in [-0.1, -0.05) is 12.1 Å². The van der Waals surface area contributed by atoms with Crippen molar-refractivity contribution in [3.63, 3.8) is 0 Å². The lowest BCUT2D eigenvalue weighted by Gasteiger charge is -2.23. The first-order chi connectivity index (χ1) is 15.4. The molecule has 3 rings (SSSR count). The number of para-hydroxylation sites is 1. The van der Waals surface area contributed by atoms with E-state index in [2.05, 4.69) is 5.32 Å². The van der Waals surface area contributed by atoms with Crippen LogP contribution in [0.4, 0.5) is 10.1 Å². The SMILES string of the molecule is CN(CCOc1ccc(F)cc1)CC(=O)N(C)c1ccccc1C(=O)NCc1ccco1. The minimum absolute atomic E-state index is 0.144. The molecule has 0 saturated carbocycles. The first kappa shape index (κ1) is 23.0. The lowest BCUT2D eigenvalue weighted by molar-refractivity contribution is -0.119. The lowest BCUT2D eigenvalue weighted by atomic mass is 10.1. The van der Waals surface area contributed by atoms with Gasteiger partial charge in [0.1, 0.15) is 23.9 Å². The summed E-state index contributed by atoms with van der Waals surface area (Å²) in [7, 11) is 3.45. The van der Waals surface area contributed by atoms with Crippen molar-refractivity contribution >= 4 is 17.5 Å². The topological polar surface area (TPSA) is 75.0 Å². The maximum absolute atomic E-state index is 12.9. The maximum atomic E-state index is 12.9. The normalized spacial score (nSPS) is 10.8. The summed E-state index contributed by atoms with van der Waals surface area (Å²) in [6, 6.07) is 16.3. The van der Waals surface area contributed by atoms with Crippen molar-refractivity contribution in [2.45, 2.75) is 6.54 Å². The third-order valence-electron chi connectivity index (χ3n) is 4.85. The van der Waals surface area contributed by atoms with Gasteiger partial charge in [0, 0.05) is 13.6 Å². The van der Waals surface area contributed by atoms with Gasteiger partial charge >= 0.3 is 0 Å². The minimum Gasteiger partial charge on any atom is -0.492 e. The third kappa shape index (κ3) is 6.42. The number of furan rings is 1. The Morgan fingerprint density at radius 1 is 1.03 bits per heavy atom. The van der Waals surface area contributed by atoms with Crippen molar-refractivity contribution in [2.75, 3.05) is 38.7 Å². The molecule has 3 aromatic rings. The summed E-state index contributed by atoms with van der Waals surface area (Å²) < 4.78 is 23.8. The Labute approximate surface area is 186 Å². The number of carbonyl (C=O) groups excluding carboxylic acids is 2. The second kappa shape index (κ2) is 11.1. The Hall–Kier alpha value is -3.65. The second-order valence-corrected chi connectivity index (χ2v) is 7.27. The molecule has 0 aliphatic rings. The summed E-state index contributed by atoms with van der Waals surface area (Å²) in [5.41, 5.74) is 0.919. The van der Waals surface area contributed by atoms with Crippen LogP contribution in [0.3, 0.4) is 0 Å². The molecule has 8 heteroatoms. The van der Waals surface area contributed by atoms with Crippen LogP contribution in [-0.4, -0.2) is 50.5 Å². The summed E-state index contributed by atoms with van der Waals surface area (Å²) >= 11 is 0. The third-order valence-corrected chi connectivity index (χ3v) is 4.85. The number of likely N-dealkylation sites (N-methyl/N-ethyl adjacent to an activating group) is 2. The molecule has 2 aromatic carbocycles. The first-order valence-electron chi connectivity index (χ1n) is 10.2. The quantitative estimate of drug-likeness (QED) is 0.525. The van der Waals surface area contributed by atoms with E-state index in [4.69, 9.17) is 9.15 Å². The van der Waals surface area contributed by atoms with Gasteiger partial charge in [-0.3, -0.25) is 14.5 Å². The summed E-state index contributed by atoms with van der Waals surface area (Å²) in [6.45, 7) is 1.26. The maximum Gasteiger partial charge on any atom is 0.253 e. The molecule has 1 heterocycles. The van der Waals surface area contributed by atoms with Crippen LogP contribution in [0.5, 0.6) is 5.75 Å². The van der Waals surface area contributed by atoms with Crippen molar-refractivity contribution in [1.29, 1.82) is 0 Å². The van der Waals surface area contributed by atoms with Gasteiger partial charge in [-0.2, -0.15) is 0 Å². The van der Waals surface area contributed by atoms with Crippen molar-refractivity contribution in [3.05, 3.63) is 84.1 Å². The zero-order valence-electron chi connectivity index (χ0n) is 18.1. The number of rotatable bonds is 10. The molecule has 0 unspecified atom stereocenters. The van der Waals surface area contributed by atoms with Crippen molar-refractivity contribution in [3.8, 4) is 5.75 Å². The Balaban J connectivity index is 1.53. The average molecular weight is 439 g/mol. The fourth-order valence-electron chi connectivity index (χ4n) is 3.03. The number of hydrogen-bond acceptors (Lipinski definition) is 5. The summed E-state index contributed by atoms with van der Waals surface area (Å²) in [6.07, 6.45) is 1.54. The number of anilines is 1. The highest BCUT2D eigenvalue weighted by molar-refractivity contribution is 6.04. The van der Waals surface area contributed by atoms with E-state index in [0.717, 1.165) is 0 Å². The van der Waals surface area contributed by atoms with E-state index in [1.165, 1.54) is 17.0 Å². The van der Waals surface area contributed by atoms with E-state index >= 15 is 0 Å². The van der Waals surface area contributed by atoms with Crippen LogP contribution in [0.25, 0.3) is 0 Å². The average Bonchev–Trinajstić information content (AvgIpc) is 3.32. The van der Waals surface area contributed by atoms with Crippen molar-refractivity contribution < 1.29 is 23.1 Å². The van der Waals surface area contributed by atoms with E-state index < -0.39 is 0 Å². The molecule has 0 saturated heterocycles. The van der Waals surface area contributed by atoms with Crippen LogP contribution < -0.4 is 15.0 Å². The molecule has 0 radical (unpaired) electrons. The smallest absolute Gasteiger partial charge is 0.253 e. The van der Waals surface area contributed by atoms with Crippen molar-refractivity contribution in [2.24, 2.45) is 0 Å². The Morgan fingerprint density at radius 3 is 2.50 bits per heavy atom. The second-order valence-electron chi connectivity index (χ2n) is 7.27. The monoisotopic (exact) mass is 439 g/mol. The van der Waals surface area contributed by atoms with Gasteiger partial charge < -0.3 is 19.4 Å². The minimum atomic E-state index is -0.321. The van der Waals surface area contributed by atoms with Gasteiger partial charge in [-0.05, 0) is 55.6 Å². The van der Waals surface area contributed by atoms with E-state index in [9.17, 15) is 14.0 Å². The number of nitrogens with one attached hydrogen (secondary N) is 1. The van der Waals surface area contributed by atoms with E-state index in [1.807, 2.05) is 11.9 Å². The van der Waals surface area contributed by atoms with E-state index in [0.29, 0.717) is 35.9 Å². The predicted molar refractivity (Wildman–Crippen MR) is 119 cm³/mol. The first-order valence-corrected chi connectivity index (χ1v) is 10.2. The van der Waals surface area contributed by atoms with E-state index in [1.54, 1.807) is 61.8 Å². The Kier molecular flexibility index (Phi) is 7.99. The lowest BCUT2D eigenvalue weighted by Crippen LogP contribution is -2.39. The van der Waals surface area contributed by atoms with Crippen molar-refractivity contribution in [1.82, 2.24) is 10.2 Å². The highest BCUT2D eigenvalue weighted by Gasteiger charge is 2.19. The Bertz CT molecular complexity index is 1020. The molecule has 0 fully saturated rings. The van der Waals surface area contributed by atoms with Gasteiger partial charge in [-0.15, -0.1) is 0 Å². The molecule has 168 valence electrons. The zero-order valence-corrected chi connectivity index (χ0v) is 18.1. The van der Waals surface area contributed by atoms with Crippen LogP contribution in [0.1, 0.15) is 16.1 Å². The van der Waals surface area contributed by atoms with Crippen LogP contribution in [0.15, 0.2) is 71.3 Å².